The van der Waals surface area contributed by atoms with Crippen LogP contribution < -0.4 is 19.5 Å². The van der Waals surface area contributed by atoms with Gasteiger partial charge in [-0.05, 0) is 13.8 Å². The van der Waals surface area contributed by atoms with Crippen LogP contribution in [0, 0.1) is 0 Å². The van der Waals surface area contributed by atoms with Crippen molar-refractivity contribution < 1.29 is 14.2 Å². The zero-order valence-corrected chi connectivity index (χ0v) is 12.9. The Bertz CT molecular complexity index is 437. The minimum absolute atomic E-state index is 0.116. The first kappa shape index (κ1) is 14.3. The van der Waals surface area contributed by atoms with E-state index < -0.39 is 0 Å². The van der Waals surface area contributed by atoms with E-state index in [-0.39, 0.29) is 10.9 Å². The Morgan fingerprint density at radius 1 is 1.11 bits per heavy atom. The summed E-state index contributed by atoms with van der Waals surface area (Å²) in [5.74, 6) is 3.37. The molecule has 1 heterocycles. The van der Waals surface area contributed by atoms with Crippen LogP contribution in [0.5, 0.6) is 17.2 Å². The Morgan fingerprint density at radius 3 is 2.05 bits per heavy atom. The van der Waals surface area contributed by atoms with E-state index in [2.05, 4.69) is 19.2 Å². The van der Waals surface area contributed by atoms with Crippen molar-refractivity contribution in [1.29, 1.82) is 0 Å². The van der Waals surface area contributed by atoms with Crippen molar-refractivity contribution in [2.75, 3.05) is 27.1 Å². The molecule has 0 spiro atoms. The van der Waals surface area contributed by atoms with Gasteiger partial charge < -0.3 is 14.2 Å². The summed E-state index contributed by atoms with van der Waals surface area (Å²) in [7, 11) is 4.98. The predicted octanol–water partition coefficient (Wildman–Crippen LogP) is 2.83. The van der Waals surface area contributed by atoms with Gasteiger partial charge in [-0.2, -0.15) is 0 Å². The molecule has 1 unspecified atom stereocenters. The van der Waals surface area contributed by atoms with Gasteiger partial charge in [-0.3, -0.25) is 5.32 Å². The third-order valence-corrected chi connectivity index (χ3v) is 4.72. The number of thioether (sulfide) groups is 1. The third kappa shape index (κ3) is 2.92. The topological polar surface area (TPSA) is 39.7 Å². The van der Waals surface area contributed by atoms with E-state index in [0.717, 1.165) is 28.6 Å². The minimum atomic E-state index is 0.116. The molecule has 0 bridgehead atoms. The number of hydrogen-bond donors (Lipinski definition) is 1. The first-order valence-electron chi connectivity index (χ1n) is 6.20. The summed E-state index contributed by atoms with van der Waals surface area (Å²) in [5.41, 5.74) is 1.16. The summed E-state index contributed by atoms with van der Waals surface area (Å²) in [6.45, 7) is 4.39. The summed E-state index contributed by atoms with van der Waals surface area (Å²) < 4.78 is 16.3. The van der Waals surface area contributed by atoms with Crippen LogP contribution in [0.25, 0.3) is 0 Å². The number of hydrogen-bond acceptors (Lipinski definition) is 5. The van der Waals surface area contributed by atoms with Crippen molar-refractivity contribution in [3.05, 3.63) is 17.7 Å². The van der Waals surface area contributed by atoms with E-state index in [4.69, 9.17) is 14.2 Å². The quantitative estimate of drug-likeness (QED) is 0.920. The van der Waals surface area contributed by atoms with Crippen LogP contribution in [-0.2, 0) is 0 Å². The fourth-order valence-electron chi connectivity index (χ4n) is 2.18. The molecule has 0 radical (unpaired) electrons. The Kier molecular flexibility index (Phi) is 4.16. The van der Waals surface area contributed by atoms with Crippen LogP contribution in [0.2, 0.25) is 0 Å². The molecule has 106 valence electrons. The van der Waals surface area contributed by atoms with Crippen LogP contribution >= 0.6 is 11.8 Å². The van der Waals surface area contributed by atoms with Crippen molar-refractivity contribution in [1.82, 2.24) is 5.32 Å². The lowest BCUT2D eigenvalue weighted by Crippen LogP contribution is -2.36. The third-order valence-electron chi connectivity index (χ3n) is 3.15. The second kappa shape index (κ2) is 5.51. The van der Waals surface area contributed by atoms with Gasteiger partial charge >= 0.3 is 0 Å². The molecule has 1 saturated heterocycles. The lowest BCUT2D eigenvalue weighted by Gasteiger charge is -2.22. The summed E-state index contributed by atoms with van der Waals surface area (Å²) in [5, 5.41) is 3.77. The molecule has 1 aromatic rings. The molecule has 1 aliphatic heterocycles. The molecule has 0 amide bonds. The summed E-state index contributed by atoms with van der Waals surface area (Å²) >= 11 is 1.86. The van der Waals surface area contributed by atoms with Crippen molar-refractivity contribution in [2.24, 2.45) is 0 Å². The SMILES string of the molecule is COc1cc(OC)c(C2NC(C)(C)CS2)c(OC)c1. The van der Waals surface area contributed by atoms with E-state index in [0.29, 0.717) is 0 Å². The van der Waals surface area contributed by atoms with Gasteiger partial charge in [0.1, 0.15) is 17.2 Å². The lowest BCUT2D eigenvalue weighted by atomic mass is 10.1. The van der Waals surface area contributed by atoms with E-state index in [1.807, 2.05) is 23.9 Å². The van der Waals surface area contributed by atoms with Gasteiger partial charge in [0.15, 0.2) is 0 Å². The molecule has 5 heteroatoms. The van der Waals surface area contributed by atoms with Gasteiger partial charge in [0.05, 0.1) is 32.3 Å². The molecule has 1 N–H and O–H groups in total. The highest BCUT2D eigenvalue weighted by Crippen LogP contribution is 2.46. The van der Waals surface area contributed by atoms with Crippen LogP contribution in [0.4, 0.5) is 0 Å². The van der Waals surface area contributed by atoms with E-state index in [1.165, 1.54) is 0 Å². The van der Waals surface area contributed by atoms with Gasteiger partial charge in [0.2, 0.25) is 0 Å². The zero-order valence-electron chi connectivity index (χ0n) is 12.1. The number of ether oxygens (including phenoxy) is 3. The van der Waals surface area contributed by atoms with Crippen LogP contribution in [0.3, 0.4) is 0 Å². The first-order chi connectivity index (χ1) is 9.00. The highest BCUT2D eigenvalue weighted by molar-refractivity contribution is 7.99. The normalized spacial score (nSPS) is 21.2. The fraction of sp³-hybridized carbons (Fsp3) is 0.571. The Labute approximate surface area is 118 Å². The van der Waals surface area contributed by atoms with Crippen molar-refractivity contribution in [3.63, 3.8) is 0 Å². The monoisotopic (exact) mass is 283 g/mol. The first-order valence-corrected chi connectivity index (χ1v) is 7.25. The highest BCUT2D eigenvalue weighted by atomic mass is 32.2. The van der Waals surface area contributed by atoms with E-state index >= 15 is 0 Å². The van der Waals surface area contributed by atoms with E-state index in [9.17, 15) is 0 Å². The zero-order chi connectivity index (χ0) is 14.0. The molecule has 4 nitrogen and oxygen atoms in total. The van der Waals surface area contributed by atoms with Crippen LogP contribution in [0.15, 0.2) is 12.1 Å². The average molecular weight is 283 g/mol. The van der Waals surface area contributed by atoms with Gasteiger partial charge in [-0.25, -0.2) is 0 Å². The van der Waals surface area contributed by atoms with Gasteiger partial charge in [0.25, 0.3) is 0 Å². The van der Waals surface area contributed by atoms with Gasteiger partial charge in [0, 0.05) is 23.4 Å². The van der Waals surface area contributed by atoms with Crippen LogP contribution in [0.1, 0.15) is 24.8 Å². The highest BCUT2D eigenvalue weighted by Gasteiger charge is 2.35. The molecular weight excluding hydrogens is 262 g/mol. The summed E-state index contributed by atoms with van der Waals surface area (Å²) in [6, 6.07) is 3.79. The molecular formula is C14H21NO3S. The Balaban J connectivity index is 2.43. The van der Waals surface area contributed by atoms with E-state index in [1.54, 1.807) is 21.3 Å². The second-order valence-electron chi connectivity index (χ2n) is 5.16. The standard InChI is InChI=1S/C14H21NO3S/c1-14(2)8-19-13(15-14)12-10(17-4)6-9(16-3)7-11(12)18-5/h6-7,13,15H,8H2,1-5H3. The number of rotatable bonds is 4. The minimum Gasteiger partial charge on any atom is -0.496 e. The lowest BCUT2D eigenvalue weighted by molar-refractivity contribution is 0.361. The predicted molar refractivity (Wildman–Crippen MR) is 78.5 cm³/mol. The van der Waals surface area contributed by atoms with Crippen molar-refractivity contribution >= 4 is 11.8 Å². The smallest absolute Gasteiger partial charge is 0.131 e. The number of nitrogens with one attached hydrogen (secondary N) is 1. The summed E-state index contributed by atoms with van der Waals surface area (Å²) in [6.07, 6.45) is 0. The number of methoxy groups -OCH3 is 3. The molecule has 1 fully saturated rings. The maximum Gasteiger partial charge on any atom is 0.131 e. The van der Waals surface area contributed by atoms with Crippen molar-refractivity contribution in [2.45, 2.75) is 24.8 Å². The molecule has 1 atom stereocenters. The van der Waals surface area contributed by atoms with Crippen molar-refractivity contribution in [3.8, 4) is 17.2 Å². The average Bonchev–Trinajstić information content (AvgIpc) is 2.76. The van der Waals surface area contributed by atoms with Gasteiger partial charge in [-0.1, -0.05) is 0 Å². The Hall–Kier alpha value is -1.07. The van der Waals surface area contributed by atoms with Gasteiger partial charge in [-0.15, -0.1) is 11.8 Å². The fourth-order valence-corrected chi connectivity index (χ4v) is 3.64. The Morgan fingerprint density at radius 2 is 1.68 bits per heavy atom. The molecule has 19 heavy (non-hydrogen) atoms. The molecule has 0 saturated carbocycles. The number of benzene rings is 1. The largest absolute Gasteiger partial charge is 0.496 e. The molecule has 2 rings (SSSR count). The second-order valence-corrected chi connectivity index (χ2v) is 6.26. The maximum atomic E-state index is 5.50. The molecule has 0 aliphatic carbocycles. The summed E-state index contributed by atoms with van der Waals surface area (Å²) in [4.78, 5) is 0. The maximum absolute atomic E-state index is 5.50. The molecule has 1 aromatic carbocycles. The van der Waals surface area contributed by atoms with Crippen LogP contribution in [-0.4, -0.2) is 32.6 Å². The molecule has 0 aromatic heterocycles. The molecule has 1 aliphatic rings.